The zero-order valence-corrected chi connectivity index (χ0v) is 7.70. The van der Waals surface area contributed by atoms with Gasteiger partial charge in [0, 0.05) is 5.69 Å². The average molecular weight is 173 g/mol. The first-order valence-electron chi connectivity index (χ1n) is 3.88. The molecule has 0 aliphatic heterocycles. The number of rotatable bonds is 3. The van der Waals surface area contributed by atoms with Crippen LogP contribution in [0.3, 0.4) is 0 Å². The van der Waals surface area contributed by atoms with Gasteiger partial charge in [-0.25, -0.2) is 4.98 Å². The van der Waals surface area contributed by atoms with Gasteiger partial charge in [-0.15, -0.1) is 11.6 Å². The minimum absolute atomic E-state index is 0.477. The average Bonchev–Trinajstić information content (AvgIpc) is 2.33. The molecule has 1 N–H and O–H groups in total. The van der Waals surface area contributed by atoms with Crippen molar-refractivity contribution in [2.24, 2.45) is 0 Å². The zero-order chi connectivity index (χ0) is 8.27. The first-order valence-corrected chi connectivity index (χ1v) is 4.41. The summed E-state index contributed by atoms with van der Waals surface area (Å²) in [5, 5.41) is 0. The van der Waals surface area contributed by atoms with Gasteiger partial charge in [0.15, 0.2) is 0 Å². The van der Waals surface area contributed by atoms with Crippen molar-refractivity contribution in [2.45, 2.75) is 32.6 Å². The number of nitrogens with one attached hydrogen (secondary N) is 1. The summed E-state index contributed by atoms with van der Waals surface area (Å²) in [5.74, 6) is 1.36. The monoisotopic (exact) mass is 172 g/mol. The minimum Gasteiger partial charge on any atom is -0.345 e. The smallest absolute Gasteiger partial charge is 0.121 e. The fourth-order valence-corrected chi connectivity index (χ4v) is 1.23. The predicted octanol–water partition coefficient (Wildman–Crippen LogP) is 2.41. The highest BCUT2D eigenvalue weighted by Crippen LogP contribution is 2.08. The van der Waals surface area contributed by atoms with E-state index in [4.69, 9.17) is 11.6 Å². The first kappa shape index (κ1) is 8.60. The van der Waals surface area contributed by atoms with E-state index in [0.29, 0.717) is 5.88 Å². The SMILES string of the molecule is CCCc1nc(CCl)[nH]c1C. The van der Waals surface area contributed by atoms with Crippen LogP contribution in [-0.4, -0.2) is 9.97 Å². The molecule has 0 aliphatic rings. The number of nitrogens with zero attached hydrogens (tertiary/aromatic N) is 1. The minimum atomic E-state index is 0.477. The highest BCUT2D eigenvalue weighted by molar-refractivity contribution is 6.16. The maximum absolute atomic E-state index is 5.62. The molecule has 0 unspecified atom stereocenters. The molecule has 11 heavy (non-hydrogen) atoms. The summed E-state index contributed by atoms with van der Waals surface area (Å²) < 4.78 is 0. The van der Waals surface area contributed by atoms with E-state index in [2.05, 4.69) is 16.9 Å². The van der Waals surface area contributed by atoms with Crippen molar-refractivity contribution in [2.75, 3.05) is 0 Å². The van der Waals surface area contributed by atoms with E-state index >= 15 is 0 Å². The molecule has 1 aromatic rings. The third-order valence-electron chi connectivity index (χ3n) is 1.65. The number of hydrogen-bond donors (Lipinski definition) is 1. The second-order valence-electron chi connectivity index (χ2n) is 2.64. The molecule has 0 radical (unpaired) electrons. The van der Waals surface area contributed by atoms with Crippen LogP contribution in [0.25, 0.3) is 0 Å². The molecule has 2 nitrogen and oxygen atoms in total. The summed E-state index contributed by atoms with van der Waals surface area (Å²) in [5.41, 5.74) is 2.31. The Hall–Kier alpha value is -0.500. The molecule has 0 aromatic carbocycles. The zero-order valence-electron chi connectivity index (χ0n) is 6.95. The van der Waals surface area contributed by atoms with Crippen molar-refractivity contribution in [3.63, 3.8) is 0 Å². The molecule has 0 fully saturated rings. The molecule has 0 atom stereocenters. The van der Waals surface area contributed by atoms with Gasteiger partial charge in [-0.3, -0.25) is 0 Å². The third kappa shape index (κ3) is 1.96. The number of aromatic nitrogens is 2. The van der Waals surface area contributed by atoms with Crippen molar-refractivity contribution >= 4 is 11.6 Å². The Balaban J connectivity index is 2.79. The van der Waals surface area contributed by atoms with E-state index < -0.39 is 0 Å². The Bertz CT molecular complexity index is 230. The third-order valence-corrected chi connectivity index (χ3v) is 1.90. The highest BCUT2D eigenvalue weighted by Gasteiger charge is 2.03. The molecular formula is C8H13ClN2. The maximum Gasteiger partial charge on any atom is 0.121 e. The largest absolute Gasteiger partial charge is 0.345 e. The van der Waals surface area contributed by atoms with Crippen molar-refractivity contribution in [1.82, 2.24) is 9.97 Å². The Morgan fingerprint density at radius 1 is 1.55 bits per heavy atom. The fourth-order valence-electron chi connectivity index (χ4n) is 1.11. The standard InChI is InChI=1S/C8H13ClN2/c1-3-4-7-6(2)10-8(5-9)11-7/h3-5H2,1-2H3,(H,10,11). The lowest BCUT2D eigenvalue weighted by molar-refractivity contribution is 0.879. The molecule has 1 heterocycles. The number of imidazole rings is 1. The van der Waals surface area contributed by atoms with Crippen molar-refractivity contribution in [3.05, 3.63) is 17.2 Å². The molecule has 1 rings (SSSR count). The Morgan fingerprint density at radius 3 is 2.73 bits per heavy atom. The van der Waals surface area contributed by atoms with Crippen molar-refractivity contribution in [1.29, 1.82) is 0 Å². The molecular weight excluding hydrogens is 160 g/mol. The van der Waals surface area contributed by atoms with Gasteiger partial charge in [0.05, 0.1) is 11.6 Å². The lowest BCUT2D eigenvalue weighted by Gasteiger charge is -1.90. The quantitative estimate of drug-likeness (QED) is 0.697. The van der Waals surface area contributed by atoms with Crippen LogP contribution in [0.15, 0.2) is 0 Å². The summed E-state index contributed by atoms with van der Waals surface area (Å²) in [6, 6.07) is 0. The van der Waals surface area contributed by atoms with Crippen LogP contribution >= 0.6 is 11.6 Å². The van der Waals surface area contributed by atoms with Gasteiger partial charge in [0.2, 0.25) is 0 Å². The van der Waals surface area contributed by atoms with E-state index in [1.54, 1.807) is 0 Å². The molecule has 3 heteroatoms. The predicted molar refractivity (Wildman–Crippen MR) is 46.9 cm³/mol. The van der Waals surface area contributed by atoms with E-state index in [9.17, 15) is 0 Å². The molecule has 0 spiro atoms. The molecule has 1 aromatic heterocycles. The van der Waals surface area contributed by atoms with Crippen LogP contribution in [0.1, 0.15) is 30.6 Å². The lowest BCUT2D eigenvalue weighted by Crippen LogP contribution is -1.86. The summed E-state index contributed by atoms with van der Waals surface area (Å²) in [6.07, 6.45) is 2.17. The van der Waals surface area contributed by atoms with E-state index in [1.165, 1.54) is 0 Å². The van der Waals surface area contributed by atoms with Crippen LogP contribution in [-0.2, 0) is 12.3 Å². The van der Waals surface area contributed by atoms with Crippen LogP contribution in [0.2, 0.25) is 0 Å². The van der Waals surface area contributed by atoms with Gasteiger partial charge in [0.1, 0.15) is 5.82 Å². The summed E-state index contributed by atoms with van der Waals surface area (Å²) in [6.45, 7) is 4.18. The molecule has 0 amide bonds. The van der Waals surface area contributed by atoms with Gasteiger partial charge in [-0.05, 0) is 13.3 Å². The second-order valence-corrected chi connectivity index (χ2v) is 2.91. The molecule has 0 bridgehead atoms. The normalized spacial score (nSPS) is 10.5. The number of hydrogen-bond acceptors (Lipinski definition) is 1. The highest BCUT2D eigenvalue weighted by atomic mass is 35.5. The molecule has 0 saturated heterocycles. The van der Waals surface area contributed by atoms with Gasteiger partial charge in [-0.2, -0.15) is 0 Å². The van der Waals surface area contributed by atoms with Crippen molar-refractivity contribution < 1.29 is 0 Å². The number of aromatic amines is 1. The number of alkyl halides is 1. The molecule has 0 saturated carbocycles. The van der Waals surface area contributed by atoms with Crippen LogP contribution in [0.5, 0.6) is 0 Å². The topological polar surface area (TPSA) is 28.7 Å². The van der Waals surface area contributed by atoms with E-state index in [0.717, 1.165) is 30.1 Å². The Kier molecular flexibility index (Phi) is 2.94. The lowest BCUT2D eigenvalue weighted by atomic mass is 10.2. The van der Waals surface area contributed by atoms with Crippen LogP contribution in [0.4, 0.5) is 0 Å². The first-order chi connectivity index (χ1) is 5.27. The number of halogens is 1. The Morgan fingerprint density at radius 2 is 2.27 bits per heavy atom. The van der Waals surface area contributed by atoms with Gasteiger partial charge in [-0.1, -0.05) is 13.3 Å². The van der Waals surface area contributed by atoms with E-state index in [-0.39, 0.29) is 0 Å². The number of aryl methyl sites for hydroxylation is 2. The van der Waals surface area contributed by atoms with Crippen LogP contribution in [0, 0.1) is 6.92 Å². The van der Waals surface area contributed by atoms with Crippen molar-refractivity contribution in [3.8, 4) is 0 Å². The van der Waals surface area contributed by atoms with Gasteiger partial charge in [0.25, 0.3) is 0 Å². The van der Waals surface area contributed by atoms with Crippen LogP contribution < -0.4 is 0 Å². The summed E-state index contributed by atoms with van der Waals surface area (Å²) in [7, 11) is 0. The fraction of sp³-hybridized carbons (Fsp3) is 0.625. The van der Waals surface area contributed by atoms with Gasteiger partial charge < -0.3 is 4.98 Å². The summed E-state index contributed by atoms with van der Waals surface area (Å²) >= 11 is 5.62. The number of H-pyrrole nitrogens is 1. The van der Waals surface area contributed by atoms with Gasteiger partial charge >= 0.3 is 0 Å². The maximum atomic E-state index is 5.62. The molecule has 62 valence electrons. The van der Waals surface area contributed by atoms with E-state index in [1.807, 2.05) is 6.92 Å². The summed E-state index contributed by atoms with van der Waals surface area (Å²) in [4.78, 5) is 7.47. The second kappa shape index (κ2) is 3.77. The Labute approximate surface area is 72.0 Å². The molecule has 0 aliphatic carbocycles.